The maximum Gasteiger partial charge on any atom is 0.144 e. The number of hydrogen-bond acceptors (Lipinski definition) is 4. The van der Waals surface area contributed by atoms with E-state index in [1.165, 1.54) is 0 Å². The first-order valence-electron chi connectivity index (χ1n) is 6.66. The number of benzene rings is 1. The molecule has 1 aromatic carbocycles. The minimum Gasteiger partial charge on any atom is -0.493 e. The Balaban J connectivity index is 1.72. The number of anilines is 1. The van der Waals surface area contributed by atoms with E-state index in [4.69, 9.17) is 10.5 Å². The van der Waals surface area contributed by atoms with Crippen molar-refractivity contribution in [1.82, 2.24) is 4.98 Å². The van der Waals surface area contributed by atoms with Crippen LogP contribution in [0.4, 0.5) is 5.69 Å². The van der Waals surface area contributed by atoms with E-state index < -0.39 is 0 Å². The van der Waals surface area contributed by atoms with Gasteiger partial charge in [-0.15, -0.1) is 0 Å². The highest BCUT2D eigenvalue weighted by Crippen LogP contribution is 2.28. The van der Waals surface area contributed by atoms with E-state index in [-0.39, 0.29) is 11.7 Å². The number of Topliss-reactive ketones (excluding diaryl/α,β-unsaturated/α-hetero) is 1. The average molecular weight is 268 g/mol. The van der Waals surface area contributed by atoms with Gasteiger partial charge >= 0.3 is 0 Å². The normalized spacial score (nSPS) is 17.1. The molecular formula is C16H16N2O2. The molecule has 4 nitrogen and oxygen atoms in total. The predicted octanol–water partition coefficient (Wildman–Crippen LogP) is 2.03. The minimum absolute atomic E-state index is 0.107. The number of aromatic nitrogens is 1. The highest BCUT2D eigenvalue weighted by Gasteiger charge is 2.25. The molecule has 1 unspecified atom stereocenters. The highest BCUT2D eigenvalue weighted by atomic mass is 16.5. The second kappa shape index (κ2) is 5.33. The molecule has 0 radical (unpaired) electrons. The van der Waals surface area contributed by atoms with Crippen LogP contribution in [0.1, 0.15) is 11.1 Å². The van der Waals surface area contributed by atoms with Crippen LogP contribution in [0.3, 0.4) is 0 Å². The van der Waals surface area contributed by atoms with Crippen molar-refractivity contribution in [3.63, 3.8) is 0 Å². The quantitative estimate of drug-likeness (QED) is 0.925. The molecule has 4 heteroatoms. The first kappa shape index (κ1) is 12.7. The van der Waals surface area contributed by atoms with Crippen molar-refractivity contribution in [2.24, 2.45) is 5.92 Å². The number of nitrogens with zero attached hydrogens (tertiary/aromatic N) is 1. The molecule has 0 fully saturated rings. The van der Waals surface area contributed by atoms with Gasteiger partial charge in [-0.1, -0.05) is 18.2 Å². The molecule has 102 valence electrons. The molecule has 0 saturated carbocycles. The summed E-state index contributed by atoms with van der Waals surface area (Å²) in [6.07, 6.45) is 4.33. The standard InChI is InChI=1S/C16H16N2O2/c17-14-5-6-18-9-12(14)8-15(19)13-7-11-3-1-2-4-16(11)20-10-13/h1-6,9,13H,7-8,10H2,(H2,17,18). The number of para-hydroxylation sites is 1. The van der Waals surface area contributed by atoms with Crippen LogP contribution in [0.2, 0.25) is 0 Å². The molecule has 1 aliphatic heterocycles. The summed E-state index contributed by atoms with van der Waals surface area (Å²) in [5.74, 6) is 0.932. The van der Waals surface area contributed by atoms with E-state index in [0.717, 1.165) is 23.3 Å². The number of ether oxygens (including phenoxy) is 1. The summed E-state index contributed by atoms with van der Waals surface area (Å²) < 4.78 is 5.66. The molecule has 0 aliphatic carbocycles. The predicted molar refractivity (Wildman–Crippen MR) is 76.5 cm³/mol. The zero-order valence-electron chi connectivity index (χ0n) is 11.1. The Morgan fingerprint density at radius 3 is 3.05 bits per heavy atom. The Morgan fingerprint density at radius 1 is 1.35 bits per heavy atom. The van der Waals surface area contributed by atoms with E-state index in [1.54, 1.807) is 18.5 Å². The lowest BCUT2D eigenvalue weighted by atomic mass is 9.90. The SMILES string of the molecule is Nc1ccncc1CC(=O)C1COc2ccccc2C1. The zero-order valence-corrected chi connectivity index (χ0v) is 11.1. The fourth-order valence-electron chi connectivity index (χ4n) is 2.45. The molecule has 0 saturated heterocycles. The van der Waals surface area contributed by atoms with Crippen molar-refractivity contribution in [1.29, 1.82) is 0 Å². The van der Waals surface area contributed by atoms with Crippen LogP contribution >= 0.6 is 0 Å². The maximum atomic E-state index is 12.4. The first-order chi connectivity index (χ1) is 9.74. The van der Waals surface area contributed by atoms with E-state index in [0.29, 0.717) is 18.7 Å². The zero-order chi connectivity index (χ0) is 13.9. The van der Waals surface area contributed by atoms with Gasteiger partial charge in [0.25, 0.3) is 0 Å². The maximum absolute atomic E-state index is 12.4. The summed E-state index contributed by atoms with van der Waals surface area (Å²) in [7, 11) is 0. The van der Waals surface area contributed by atoms with Gasteiger partial charge in [0.2, 0.25) is 0 Å². The van der Waals surface area contributed by atoms with Crippen molar-refractivity contribution in [3.8, 4) is 5.75 Å². The highest BCUT2D eigenvalue weighted by molar-refractivity contribution is 5.85. The fraction of sp³-hybridized carbons (Fsp3) is 0.250. The van der Waals surface area contributed by atoms with Gasteiger partial charge in [0.15, 0.2) is 0 Å². The number of carbonyl (C=O) groups excluding carboxylic acids is 1. The van der Waals surface area contributed by atoms with Gasteiger partial charge in [-0.3, -0.25) is 9.78 Å². The molecule has 3 rings (SSSR count). The Labute approximate surface area is 117 Å². The molecular weight excluding hydrogens is 252 g/mol. The Kier molecular flexibility index (Phi) is 3.37. The average Bonchev–Trinajstić information content (AvgIpc) is 2.49. The van der Waals surface area contributed by atoms with E-state index >= 15 is 0 Å². The van der Waals surface area contributed by atoms with Crippen LogP contribution in [0.25, 0.3) is 0 Å². The van der Waals surface area contributed by atoms with Gasteiger partial charge in [0.1, 0.15) is 11.5 Å². The number of nitrogens with two attached hydrogens (primary N) is 1. The molecule has 1 aliphatic rings. The fourth-order valence-corrected chi connectivity index (χ4v) is 2.45. The Bertz CT molecular complexity index is 640. The van der Waals surface area contributed by atoms with E-state index in [2.05, 4.69) is 4.98 Å². The third kappa shape index (κ3) is 2.50. The number of pyridine rings is 1. The number of rotatable bonds is 3. The lowest BCUT2D eigenvalue weighted by Gasteiger charge is -2.24. The van der Waals surface area contributed by atoms with Crippen molar-refractivity contribution in [3.05, 3.63) is 53.9 Å². The molecule has 1 atom stereocenters. The second-order valence-corrected chi connectivity index (χ2v) is 5.04. The molecule has 0 amide bonds. The molecule has 0 bridgehead atoms. The first-order valence-corrected chi connectivity index (χ1v) is 6.66. The van der Waals surface area contributed by atoms with Crippen LogP contribution in [0.5, 0.6) is 5.75 Å². The monoisotopic (exact) mass is 268 g/mol. The number of nitrogen functional groups attached to an aromatic ring is 1. The molecule has 1 aromatic heterocycles. The Hall–Kier alpha value is -2.36. The van der Waals surface area contributed by atoms with Crippen molar-refractivity contribution < 1.29 is 9.53 Å². The number of carbonyl (C=O) groups is 1. The number of ketones is 1. The summed E-state index contributed by atoms with van der Waals surface area (Å²) in [4.78, 5) is 16.4. The molecule has 2 aromatic rings. The second-order valence-electron chi connectivity index (χ2n) is 5.04. The van der Waals surface area contributed by atoms with Crippen LogP contribution in [0, 0.1) is 5.92 Å². The third-order valence-electron chi connectivity index (χ3n) is 3.64. The largest absolute Gasteiger partial charge is 0.493 e. The van der Waals surface area contributed by atoms with Gasteiger partial charge in [-0.2, -0.15) is 0 Å². The Morgan fingerprint density at radius 2 is 2.20 bits per heavy atom. The van der Waals surface area contributed by atoms with Gasteiger partial charge in [0, 0.05) is 30.1 Å². The summed E-state index contributed by atoms with van der Waals surface area (Å²) in [6.45, 7) is 0.440. The van der Waals surface area contributed by atoms with E-state index in [9.17, 15) is 4.79 Å². The molecule has 0 spiro atoms. The van der Waals surface area contributed by atoms with Crippen molar-refractivity contribution in [2.45, 2.75) is 12.8 Å². The lowest BCUT2D eigenvalue weighted by molar-refractivity contribution is -0.123. The summed E-state index contributed by atoms with van der Waals surface area (Å²) in [5.41, 5.74) is 8.35. The van der Waals surface area contributed by atoms with Crippen LogP contribution < -0.4 is 10.5 Å². The number of hydrogen-bond donors (Lipinski definition) is 1. The summed E-state index contributed by atoms with van der Waals surface area (Å²) >= 11 is 0. The van der Waals surface area contributed by atoms with Gasteiger partial charge < -0.3 is 10.5 Å². The molecule has 20 heavy (non-hydrogen) atoms. The van der Waals surface area contributed by atoms with Gasteiger partial charge in [-0.25, -0.2) is 0 Å². The lowest BCUT2D eigenvalue weighted by Crippen LogP contribution is -2.29. The topological polar surface area (TPSA) is 65.2 Å². The van der Waals surface area contributed by atoms with E-state index in [1.807, 2.05) is 24.3 Å². The molecule has 2 N–H and O–H groups in total. The van der Waals surface area contributed by atoms with Crippen LogP contribution in [0.15, 0.2) is 42.7 Å². The third-order valence-corrected chi connectivity index (χ3v) is 3.64. The molecule has 2 heterocycles. The van der Waals surface area contributed by atoms with Crippen molar-refractivity contribution in [2.75, 3.05) is 12.3 Å². The van der Waals surface area contributed by atoms with Crippen LogP contribution in [-0.2, 0) is 17.6 Å². The summed E-state index contributed by atoms with van der Waals surface area (Å²) in [5, 5.41) is 0. The number of fused-ring (bicyclic) bond motifs is 1. The summed E-state index contributed by atoms with van der Waals surface area (Å²) in [6, 6.07) is 9.57. The van der Waals surface area contributed by atoms with Crippen molar-refractivity contribution >= 4 is 11.5 Å². The van der Waals surface area contributed by atoms with Crippen LogP contribution in [-0.4, -0.2) is 17.4 Å². The minimum atomic E-state index is -0.107. The smallest absolute Gasteiger partial charge is 0.144 e. The van der Waals surface area contributed by atoms with Gasteiger partial charge in [0.05, 0.1) is 12.5 Å². The van der Waals surface area contributed by atoms with Gasteiger partial charge in [-0.05, 0) is 24.1 Å².